The van der Waals surface area contributed by atoms with Gasteiger partial charge in [-0.2, -0.15) is 0 Å². The third-order valence-electron chi connectivity index (χ3n) is 4.36. The number of nitrogens with one attached hydrogen (secondary N) is 1. The molecule has 0 aliphatic heterocycles. The first-order valence-electron chi connectivity index (χ1n) is 7.75. The Hall–Kier alpha value is -3.19. The van der Waals surface area contributed by atoms with Gasteiger partial charge in [-0.15, -0.1) is 0 Å². The molecule has 0 amide bonds. The van der Waals surface area contributed by atoms with Crippen molar-refractivity contribution in [3.8, 4) is 11.3 Å². The molecule has 7 heteroatoms. The van der Waals surface area contributed by atoms with Crippen LogP contribution >= 0.6 is 0 Å². The number of aromatic amines is 1. The molecule has 0 bridgehead atoms. The molecule has 2 N–H and O–H groups in total. The number of H-pyrrole nitrogens is 1. The van der Waals surface area contributed by atoms with Crippen LogP contribution < -0.4 is 0 Å². The summed E-state index contributed by atoms with van der Waals surface area (Å²) in [6.45, 7) is 0.0784. The van der Waals surface area contributed by atoms with Crippen molar-refractivity contribution in [2.75, 3.05) is 6.61 Å². The largest absolute Gasteiger partial charge is 0.395 e. The average molecular weight is 339 g/mol. The lowest BCUT2D eigenvalue weighted by molar-refractivity contribution is -0.384. The van der Waals surface area contributed by atoms with Gasteiger partial charge in [-0.1, -0.05) is 12.1 Å². The smallest absolute Gasteiger partial charge is 0.270 e. The molecule has 0 saturated heterocycles. The molecule has 0 radical (unpaired) electrons. The van der Waals surface area contributed by atoms with Gasteiger partial charge in [-0.25, -0.2) is 4.39 Å². The summed E-state index contributed by atoms with van der Waals surface area (Å²) < 4.78 is 16.8. The van der Waals surface area contributed by atoms with E-state index in [2.05, 4.69) is 4.98 Å². The van der Waals surface area contributed by atoms with Gasteiger partial charge >= 0.3 is 0 Å². The lowest BCUT2D eigenvalue weighted by atomic mass is 10.1. The van der Waals surface area contributed by atoms with E-state index in [1.54, 1.807) is 41.1 Å². The molecule has 4 rings (SSSR count). The van der Waals surface area contributed by atoms with Gasteiger partial charge in [0.1, 0.15) is 0 Å². The molecule has 2 aromatic carbocycles. The number of aromatic nitrogens is 2. The maximum Gasteiger partial charge on any atom is 0.270 e. The van der Waals surface area contributed by atoms with Gasteiger partial charge in [-0.05, 0) is 18.2 Å². The lowest BCUT2D eigenvalue weighted by Gasteiger charge is -2.08. The zero-order chi connectivity index (χ0) is 17.6. The maximum absolute atomic E-state index is 15.1. The molecule has 25 heavy (non-hydrogen) atoms. The number of nitrogens with zero attached hydrogens (tertiary/aromatic N) is 2. The van der Waals surface area contributed by atoms with Gasteiger partial charge in [0.15, 0.2) is 5.82 Å². The van der Waals surface area contributed by atoms with Crippen LogP contribution in [0.3, 0.4) is 0 Å². The third kappa shape index (κ3) is 2.28. The summed E-state index contributed by atoms with van der Waals surface area (Å²) >= 11 is 0. The minimum atomic E-state index is -0.476. The highest BCUT2D eigenvalue weighted by Gasteiger charge is 2.21. The minimum absolute atomic E-state index is 0.0569. The number of halogens is 1. The first kappa shape index (κ1) is 15.3. The number of nitro benzene ring substituents is 1. The number of hydrogen-bond donors (Lipinski definition) is 2. The van der Waals surface area contributed by atoms with Crippen LogP contribution in [0, 0.1) is 15.9 Å². The van der Waals surface area contributed by atoms with Crippen LogP contribution in [0.4, 0.5) is 10.1 Å². The molecule has 0 unspecified atom stereocenters. The standard InChI is InChI=1S/C18H14FN3O3/c19-17-12-3-1-2-4-16(12)21(7-8-23)18(17)14-10-20-15-6-5-11(22(24)25)9-13(14)15/h1-6,9-10,20,23H,7-8H2. The second-order valence-corrected chi connectivity index (χ2v) is 5.74. The van der Waals surface area contributed by atoms with Crippen LogP contribution in [0.5, 0.6) is 0 Å². The number of aliphatic hydroxyl groups is 1. The predicted octanol–water partition coefficient (Wildman–Crippen LogP) is 3.83. The van der Waals surface area contributed by atoms with E-state index in [1.165, 1.54) is 12.1 Å². The minimum Gasteiger partial charge on any atom is -0.395 e. The highest BCUT2D eigenvalue weighted by atomic mass is 19.1. The fourth-order valence-electron chi connectivity index (χ4n) is 3.28. The Morgan fingerprint density at radius 3 is 2.76 bits per heavy atom. The van der Waals surface area contributed by atoms with Crippen molar-refractivity contribution in [3.05, 3.63) is 64.6 Å². The van der Waals surface area contributed by atoms with Gasteiger partial charge in [0.2, 0.25) is 0 Å². The van der Waals surface area contributed by atoms with E-state index in [1.807, 2.05) is 0 Å². The Morgan fingerprint density at radius 1 is 1.20 bits per heavy atom. The third-order valence-corrected chi connectivity index (χ3v) is 4.36. The van der Waals surface area contributed by atoms with Crippen LogP contribution in [0.1, 0.15) is 0 Å². The van der Waals surface area contributed by atoms with Crippen LogP contribution in [-0.4, -0.2) is 26.2 Å². The van der Waals surface area contributed by atoms with Crippen molar-refractivity contribution >= 4 is 27.5 Å². The number of non-ortho nitro benzene ring substituents is 1. The molecule has 0 saturated carbocycles. The van der Waals surface area contributed by atoms with E-state index in [0.29, 0.717) is 33.1 Å². The van der Waals surface area contributed by atoms with Crippen LogP contribution in [0.2, 0.25) is 0 Å². The fraction of sp³-hybridized carbons (Fsp3) is 0.111. The molecule has 126 valence electrons. The number of nitro groups is 1. The van der Waals surface area contributed by atoms with Crippen molar-refractivity contribution in [2.45, 2.75) is 6.54 Å². The molecule has 0 spiro atoms. The van der Waals surface area contributed by atoms with Crippen molar-refractivity contribution in [1.29, 1.82) is 0 Å². The maximum atomic E-state index is 15.1. The predicted molar refractivity (Wildman–Crippen MR) is 92.9 cm³/mol. The Balaban J connectivity index is 2.06. The van der Waals surface area contributed by atoms with E-state index in [0.717, 1.165) is 0 Å². The highest BCUT2D eigenvalue weighted by Crippen LogP contribution is 2.37. The van der Waals surface area contributed by atoms with Crippen molar-refractivity contribution in [1.82, 2.24) is 9.55 Å². The molecule has 4 aromatic rings. The molecule has 2 heterocycles. The summed E-state index contributed by atoms with van der Waals surface area (Å²) in [6.07, 6.45) is 1.64. The average Bonchev–Trinajstić information content (AvgIpc) is 3.15. The van der Waals surface area contributed by atoms with Crippen LogP contribution in [0.15, 0.2) is 48.7 Å². The fourth-order valence-corrected chi connectivity index (χ4v) is 3.28. The summed E-state index contributed by atoms with van der Waals surface area (Å²) in [5, 5.41) is 21.5. The molecule has 0 aliphatic rings. The normalized spacial score (nSPS) is 11.4. The Bertz CT molecular complexity index is 1110. The van der Waals surface area contributed by atoms with Gasteiger partial charge < -0.3 is 14.7 Å². The number of hydrogen-bond acceptors (Lipinski definition) is 3. The monoisotopic (exact) mass is 339 g/mol. The SMILES string of the molecule is O=[N+]([O-])c1ccc2[nH]cc(-c3c(F)c4ccccc4n3CCO)c2c1. The first-order chi connectivity index (χ1) is 12.1. The molecule has 2 aromatic heterocycles. The van der Waals surface area contributed by atoms with E-state index in [4.69, 9.17) is 0 Å². The highest BCUT2D eigenvalue weighted by molar-refractivity contribution is 5.99. The van der Waals surface area contributed by atoms with Crippen LogP contribution in [0.25, 0.3) is 33.1 Å². The second-order valence-electron chi connectivity index (χ2n) is 5.74. The summed E-state index contributed by atoms with van der Waals surface area (Å²) in [7, 11) is 0. The van der Waals surface area contributed by atoms with E-state index >= 15 is 4.39 Å². The quantitative estimate of drug-likeness (QED) is 0.438. The van der Waals surface area contributed by atoms with Gasteiger partial charge in [0.25, 0.3) is 5.69 Å². The summed E-state index contributed by atoms with van der Waals surface area (Å²) in [5.74, 6) is -0.406. The number of benzene rings is 2. The summed E-state index contributed by atoms with van der Waals surface area (Å²) in [6, 6.07) is 11.5. The van der Waals surface area contributed by atoms with Crippen molar-refractivity contribution in [3.63, 3.8) is 0 Å². The number of fused-ring (bicyclic) bond motifs is 2. The Morgan fingerprint density at radius 2 is 2.00 bits per heavy atom. The van der Waals surface area contributed by atoms with E-state index < -0.39 is 10.7 Å². The lowest BCUT2D eigenvalue weighted by Crippen LogP contribution is -2.04. The molecule has 0 fully saturated rings. The number of aliphatic hydroxyl groups excluding tert-OH is 1. The second kappa shape index (κ2) is 5.71. The van der Waals surface area contributed by atoms with Crippen molar-refractivity contribution < 1.29 is 14.4 Å². The molecular formula is C18H14FN3O3. The van der Waals surface area contributed by atoms with E-state index in [-0.39, 0.29) is 18.8 Å². The number of para-hydroxylation sites is 1. The molecule has 0 atom stereocenters. The van der Waals surface area contributed by atoms with Gasteiger partial charge in [0, 0.05) is 46.7 Å². The van der Waals surface area contributed by atoms with E-state index in [9.17, 15) is 15.2 Å². The zero-order valence-corrected chi connectivity index (χ0v) is 13.1. The number of rotatable bonds is 4. The summed E-state index contributed by atoms with van der Waals surface area (Å²) in [4.78, 5) is 13.6. The first-order valence-corrected chi connectivity index (χ1v) is 7.75. The Kier molecular flexibility index (Phi) is 3.51. The van der Waals surface area contributed by atoms with Gasteiger partial charge in [0.05, 0.1) is 22.7 Å². The van der Waals surface area contributed by atoms with Crippen LogP contribution in [-0.2, 0) is 6.54 Å². The summed E-state index contributed by atoms with van der Waals surface area (Å²) in [5.41, 5.74) is 2.13. The Labute approximate surface area is 141 Å². The van der Waals surface area contributed by atoms with Gasteiger partial charge in [-0.3, -0.25) is 10.1 Å². The molecule has 6 nitrogen and oxygen atoms in total. The topological polar surface area (TPSA) is 84.1 Å². The molecule has 0 aliphatic carbocycles. The van der Waals surface area contributed by atoms with Crippen molar-refractivity contribution in [2.24, 2.45) is 0 Å². The zero-order valence-electron chi connectivity index (χ0n) is 13.1. The molecular weight excluding hydrogens is 325 g/mol.